The molecule has 170 valence electrons. The van der Waals surface area contributed by atoms with Crippen LogP contribution >= 0.6 is 0 Å². The lowest BCUT2D eigenvalue weighted by atomic mass is 10.1. The van der Waals surface area contributed by atoms with Gasteiger partial charge < -0.3 is 14.8 Å². The van der Waals surface area contributed by atoms with Crippen LogP contribution in [0.1, 0.15) is 27.6 Å². The van der Waals surface area contributed by atoms with Gasteiger partial charge in [0.2, 0.25) is 0 Å². The number of pyridine rings is 1. The molecule has 2 amide bonds. The van der Waals surface area contributed by atoms with Crippen molar-refractivity contribution in [1.29, 1.82) is 0 Å². The van der Waals surface area contributed by atoms with Gasteiger partial charge >= 0.3 is 0 Å². The van der Waals surface area contributed by atoms with E-state index in [1.165, 1.54) is 0 Å². The molecule has 0 bridgehead atoms. The van der Waals surface area contributed by atoms with Gasteiger partial charge in [0.05, 0.1) is 11.3 Å². The van der Waals surface area contributed by atoms with Crippen molar-refractivity contribution < 1.29 is 14.4 Å². The summed E-state index contributed by atoms with van der Waals surface area (Å²) in [5.41, 5.74) is 3.24. The van der Waals surface area contributed by atoms with Crippen molar-refractivity contribution >= 4 is 28.6 Å². The second-order valence-corrected chi connectivity index (χ2v) is 8.45. The Bertz CT molecular complexity index is 1360. The van der Waals surface area contributed by atoms with Gasteiger partial charge in [-0.05, 0) is 31.2 Å². The number of H-pyrrole nitrogens is 1. The molecule has 4 aromatic rings. The predicted molar refractivity (Wildman–Crippen MR) is 129 cm³/mol. The van der Waals surface area contributed by atoms with Crippen LogP contribution in [0.5, 0.6) is 0 Å². The molecule has 1 aliphatic rings. The van der Waals surface area contributed by atoms with Crippen LogP contribution in [0.15, 0.2) is 79.0 Å². The molecule has 1 fully saturated rings. The Labute approximate surface area is 197 Å². The van der Waals surface area contributed by atoms with Crippen molar-refractivity contribution in [2.45, 2.75) is 13.0 Å². The van der Waals surface area contributed by atoms with E-state index in [-0.39, 0.29) is 11.9 Å². The number of rotatable bonds is 4. The fourth-order valence-electron chi connectivity index (χ4n) is 4.42. The van der Waals surface area contributed by atoms with Crippen LogP contribution in [0.3, 0.4) is 0 Å². The molecule has 1 unspecified atom stereocenters. The van der Waals surface area contributed by atoms with E-state index in [1.807, 2.05) is 67.6 Å². The van der Waals surface area contributed by atoms with Crippen LogP contribution < -0.4 is 0 Å². The fraction of sp³-hybridized carbons (Fsp3) is 0.185. The Morgan fingerprint density at radius 3 is 2.32 bits per heavy atom. The largest absolute Gasteiger partial charge is 0.345 e. The minimum atomic E-state index is -0.574. The minimum absolute atomic E-state index is 0.0669. The van der Waals surface area contributed by atoms with Crippen LogP contribution in [0, 0.1) is 0 Å². The van der Waals surface area contributed by atoms with E-state index in [4.69, 9.17) is 0 Å². The van der Waals surface area contributed by atoms with E-state index >= 15 is 0 Å². The Hall–Kier alpha value is -4.26. The smallest absolute Gasteiger partial charge is 0.295 e. The molecule has 0 spiro atoms. The number of nitrogens with zero attached hydrogens (tertiary/aromatic N) is 3. The number of hydrogen-bond donors (Lipinski definition) is 1. The highest BCUT2D eigenvalue weighted by Crippen LogP contribution is 2.24. The van der Waals surface area contributed by atoms with E-state index in [1.54, 1.807) is 28.1 Å². The number of piperazine rings is 1. The Balaban J connectivity index is 1.31. The zero-order chi connectivity index (χ0) is 23.7. The average molecular weight is 453 g/mol. The summed E-state index contributed by atoms with van der Waals surface area (Å²) in [6.45, 7) is 2.93. The highest BCUT2D eigenvalue weighted by molar-refractivity contribution is 6.44. The first-order valence-corrected chi connectivity index (χ1v) is 11.3. The summed E-state index contributed by atoms with van der Waals surface area (Å²) >= 11 is 0. The molecule has 7 nitrogen and oxygen atoms in total. The molecule has 2 aromatic heterocycles. The lowest BCUT2D eigenvalue weighted by Crippen LogP contribution is -2.56. The molecule has 1 aliphatic heterocycles. The third-order valence-electron chi connectivity index (χ3n) is 6.24. The summed E-state index contributed by atoms with van der Waals surface area (Å²) in [4.78, 5) is 50.0. The third kappa shape index (κ3) is 3.96. The van der Waals surface area contributed by atoms with Crippen LogP contribution in [0.4, 0.5) is 0 Å². The Morgan fingerprint density at radius 1 is 0.912 bits per heavy atom. The van der Waals surface area contributed by atoms with E-state index in [0.29, 0.717) is 41.8 Å². The third-order valence-corrected chi connectivity index (χ3v) is 6.24. The van der Waals surface area contributed by atoms with Crippen LogP contribution in [-0.4, -0.2) is 63.0 Å². The van der Waals surface area contributed by atoms with Crippen molar-refractivity contribution in [3.8, 4) is 11.3 Å². The summed E-state index contributed by atoms with van der Waals surface area (Å²) in [5, 5.41) is 0.614. The number of aromatic amines is 1. The molecule has 7 heteroatoms. The number of carbonyl (C=O) groups is 3. The first kappa shape index (κ1) is 21.6. The van der Waals surface area contributed by atoms with Crippen molar-refractivity contribution in [1.82, 2.24) is 19.8 Å². The van der Waals surface area contributed by atoms with Crippen molar-refractivity contribution in [3.63, 3.8) is 0 Å². The summed E-state index contributed by atoms with van der Waals surface area (Å²) in [6, 6.07) is 22.2. The van der Waals surface area contributed by atoms with Gasteiger partial charge in [-0.3, -0.25) is 14.4 Å². The number of ketones is 1. The second-order valence-electron chi connectivity index (χ2n) is 8.45. The molecule has 1 N–H and O–H groups in total. The number of amides is 2. The van der Waals surface area contributed by atoms with Crippen LogP contribution in [0.2, 0.25) is 0 Å². The van der Waals surface area contributed by atoms with E-state index in [0.717, 1.165) is 11.3 Å². The van der Waals surface area contributed by atoms with Gasteiger partial charge in [-0.2, -0.15) is 0 Å². The molecular formula is C27H24N4O3. The second kappa shape index (κ2) is 8.94. The lowest BCUT2D eigenvalue weighted by Gasteiger charge is -2.39. The zero-order valence-electron chi connectivity index (χ0n) is 18.8. The van der Waals surface area contributed by atoms with Gasteiger partial charge in [-0.15, -0.1) is 0 Å². The predicted octanol–water partition coefficient (Wildman–Crippen LogP) is 3.79. The molecule has 0 radical (unpaired) electrons. The molecule has 1 atom stereocenters. The molecule has 3 heterocycles. The number of aromatic nitrogens is 2. The summed E-state index contributed by atoms with van der Waals surface area (Å²) in [5.74, 6) is -1.20. The molecule has 34 heavy (non-hydrogen) atoms. The van der Waals surface area contributed by atoms with Gasteiger partial charge in [0.25, 0.3) is 17.6 Å². The SMILES string of the molecule is CC1CN(C(=O)c2ccccc2)CCN1C(=O)C(=O)c1c[nH]c2nc(-c3ccccc3)ccc12. The molecular weight excluding hydrogens is 428 g/mol. The first-order valence-electron chi connectivity index (χ1n) is 11.3. The monoisotopic (exact) mass is 452 g/mol. The van der Waals surface area contributed by atoms with Crippen LogP contribution in [-0.2, 0) is 4.79 Å². The van der Waals surface area contributed by atoms with E-state index < -0.39 is 11.7 Å². The molecule has 1 saturated heterocycles. The zero-order valence-corrected chi connectivity index (χ0v) is 18.8. The summed E-state index contributed by atoms with van der Waals surface area (Å²) < 4.78 is 0. The standard InChI is InChI=1S/C27H24N4O3/c1-18-17-30(26(33)20-10-6-3-7-11-20)14-15-31(18)27(34)24(32)22-16-28-25-21(22)12-13-23(29-25)19-8-4-2-5-9-19/h2-13,16,18H,14-15,17H2,1H3,(H,28,29). The highest BCUT2D eigenvalue weighted by atomic mass is 16.2. The van der Waals surface area contributed by atoms with E-state index in [9.17, 15) is 14.4 Å². The average Bonchev–Trinajstić information content (AvgIpc) is 3.31. The Morgan fingerprint density at radius 2 is 1.62 bits per heavy atom. The van der Waals surface area contributed by atoms with Gasteiger partial charge in [0.15, 0.2) is 0 Å². The fourth-order valence-corrected chi connectivity index (χ4v) is 4.42. The van der Waals surface area contributed by atoms with Gasteiger partial charge in [0.1, 0.15) is 5.65 Å². The number of fused-ring (bicyclic) bond motifs is 1. The maximum absolute atomic E-state index is 13.1. The van der Waals surface area contributed by atoms with Gasteiger partial charge in [-0.1, -0.05) is 48.5 Å². The van der Waals surface area contributed by atoms with E-state index in [2.05, 4.69) is 9.97 Å². The normalized spacial score (nSPS) is 16.0. The maximum atomic E-state index is 13.1. The molecule has 2 aromatic carbocycles. The summed E-state index contributed by atoms with van der Waals surface area (Å²) in [7, 11) is 0. The van der Waals surface area contributed by atoms with Crippen molar-refractivity contribution in [2.75, 3.05) is 19.6 Å². The lowest BCUT2D eigenvalue weighted by molar-refractivity contribution is -0.130. The van der Waals surface area contributed by atoms with Crippen LogP contribution in [0.25, 0.3) is 22.3 Å². The molecule has 0 saturated carbocycles. The quantitative estimate of drug-likeness (QED) is 0.377. The summed E-state index contributed by atoms with van der Waals surface area (Å²) in [6.07, 6.45) is 1.55. The maximum Gasteiger partial charge on any atom is 0.295 e. The van der Waals surface area contributed by atoms with Crippen molar-refractivity contribution in [2.24, 2.45) is 0 Å². The number of nitrogens with one attached hydrogen (secondary N) is 1. The first-order chi connectivity index (χ1) is 16.5. The highest BCUT2D eigenvalue weighted by Gasteiger charge is 2.34. The van der Waals surface area contributed by atoms with Crippen molar-refractivity contribution in [3.05, 3.63) is 90.1 Å². The minimum Gasteiger partial charge on any atom is -0.345 e. The number of hydrogen-bond acceptors (Lipinski definition) is 4. The number of carbonyl (C=O) groups excluding carboxylic acids is 3. The van der Waals surface area contributed by atoms with Gasteiger partial charge in [0, 0.05) is 48.4 Å². The van der Waals surface area contributed by atoms with Gasteiger partial charge in [-0.25, -0.2) is 4.98 Å². The molecule has 0 aliphatic carbocycles. The number of benzene rings is 2. The number of Topliss-reactive ketones (excluding diaryl/α,β-unsaturated/α-hetero) is 1. The molecule has 5 rings (SSSR count). The Kier molecular flexibility index (Phi) is 5.67. The topological polar surface area (TPSA) is 86.4 Å².